The second-order valence-electron chi connectivity index (χ2n) is 5.90. The molecule has 1 aromatic rings. The van der Waals surface area contributed by atoms with Crippen molar-refractivity contribution in [2.24, 2.45) is 5.84 Å². The number of hydrazine groups is 1. The van der Waals surface area contributed by atoms with Crippen LogP contribution in [0.25, 0.3) is 0 Å². The average molecular weight is 278 g/mol. The molecule has 0 aromatic carbocycles. The Morgan fingerprint density at radius 3 is 2.85 bits per heavy atom. The minimum atomic E-state index is -0.329. The fourth-order valence-electron chi connectivity index (χ4n) is 2.66. The summed E-state index contributed by atoms with van der Waals surface area (Å²) in [7, 11) is 0. The third-order valence-electron chi connectivity index (χ3n) is 3.20. The van der Waals surface area contributed by atoms with E-state index < -0.39 is 0 Å². The van der Waals surface area contributed by atoms with E-state index in [1.165, 1.54) is 0 Å². The molecule has 0 bridgehead atoms. The Morgan fingerprint density at radius 1 is 1.55 bits per heavy atom. The van der Waals surface area contributed by atoms with Crippen LogP contribution in [0.2, 0.25) is 0 Å². The van der Waals surface area contributed by atoms with Crippen LogP contribution in [-0.4, -0.2) is 40.6 Å². The first-order valence-corrected chi connectivity index (χ1v) is 6.73. The number of rotatable bonds is 2. The molecule has 1 fully saturated rings. The van der Waals surface area contributed by atoms with Crippen molar-refractivity contribution in [2.45, 2.75) is 39.4 Å². The van der Waals surface area contributed by atoms with Gasteiger partial charge in [-0.2, -0.15) is 0 Å². The van der Waals surface area contributed by atoms with Gasteiger partial charge >= 0.3 is 0 Å². The zero-order valence-electron chi connectivity index (χ0n) is 12.4. The molecule has 2 rings (SSSR count). The summed E-state index contributed by atoms with van der Waals surface area (Å²) < 4.78 is 5.82. The van der Waals surface area contributed by atoms with Gasteiger partial charge in [-0.25, -0.2) is 10.8 Å². The SMILES string of the molecule is Cc1cc(C(=O)N2CC(C)OC(C)(C)C2)cc(NN)n1. The second-order valence-corrected chi connectivity index (χ2v) is 5.90. The molecule has 1 atom stereocenters. The van der Waals surface area contributed by atoms with Crippen molar-refractivity contribution in [3.63, 3.8) is 0 Å². The van der Waals surface area contributed by atoms with Gasteiger partial charge in [-0.3, -0.25) is 4.79 Å². The number of nitrogens with zero attached hydrogens (tertiary/aromatic N) is 2. The van der Waals surface area contributed by atoms with Gasteiger partial charge in [0.15, 0.2) is 0 Å². The Labute approximate surface area is 119 Å². The van der Waals surface area contributed by atoms with Crippen molar-refractivity contribution in [3.8, 4) is 0 Å². The molecule has 0 spiro atoms. The number of hydrogen-bond donors (Lipinski definition) is 2. The molecule has 0 saturated carbocycles. The van der Waals surface area contributed by atoms with E-state index in [4.69, 9.17) is 10.6 Å². The van der Waals surface area contributed by atoms with E-state index in [0.29, 0.717) is 24.5 Å². The molecule has 6 nitrogen and oxygen atoms in total. The Hall–Kier alpha value is -1.66. The number of ether oxygens (including phenoxy) is 1. The number of anilines is 1. The van der Waals surface area contributed by atoms with Crippen molar-refractivity contribution < 1.29 is 9.53 Å². The topological polar surface area (TPSA) is 80.5 Å². The second kappa shape index (κ2) is 5.38. The van der Waals surface area contributed by atoms with Crippen molar-refractivity contribution in [1.82, 2.24) is 9.88 Å². The fourth-order valence-corrected chi connectivity index (χ4v) is 2.66. The summed E-state index contributed by atoms with van der Waals surface area (Å²) in [6.45, 7) is 8.97. The van der Waals surface area contributed by atoms with Crippen molar-refractivity contribution in [1.29, 1.82) is 0 Å². The Morgan fingerprint density at radius 2 is 2.25 bits per heavy atom. The van der Waals surface area contributed by atoms with E-state index in [0.717, 1.165) is 5.69 Å². The van der Waals surface area contributed by atoms with E-state index in [1.807, 2.05) is 32.6 Å². The van der Waals surface area contributed by atoms with Crippen LogP contribution in [0.1, 0.15) is 36.8 Å². The van der Waals surface area contributed by atoms with Crippen LogP contribution in [0, 0.1) is 6.92 Å². The quantitative estimate of drug-likeness (QED) is 0.630. The molecule has 1 aromatic heterocycles. The van der Waals surface area contributed by atoms with Gasteiger partial charge in [-0.15, -0.1) is 0 Å². The number of nitrogen functional groups attached to an aromatic ring is 1. The number of hydrogen-bond acceptors (Lipinski definition) is 5. The molecule has 110 valence electrons. The van der Waals surface area contributed by atoms with Gasteiger partial charge in [0.2, 0.25) is 0 Å². The van der Waals surface area contributed by atoms with Crippen LogP contribution in [0.3, 0.4) is 0 Å². The zero-order valence-corrected chi connectivity index (χ0v) is 12.4. The Balaban J connectivity index is 2.24. The first kappa shape index (κ1) is 14.7. The predicted octanol–water partition coefficient (Wildman–Crippen LogP) is 1.32. The van der Waals surface area contributed by atoms with Gasteiger partial charge in [0.05, 0.1) is 11.7 Å². The molecule has 6 heteroatoms. The number of pyridine rings is 1. The molecule has 2 heterocycles. The minimum absolute atomic E-state index is 0.0183. The third kappa shape index (κ3) is 3.26. The van der Waals surface area contributed by atoms with Gasteiger partial charge in [0.25, 0.3) is 5.91 Å². The number of amides is 1. The van der Waals surface area contributed by atoms with E-state index in [9.17, 15) is 4.79 Å². The van der Waals surface area contributed by atoms with E-state index >= 15 is 0 Å². The lowest BCUT2D eigenvalue weighted by Crippen LogP contribution is -2.53. The number of aromatic nitrogens is 1. The summed E-state index contributed by atoms with van der Waals surface area (Å²) in [5.41, 5.74) is 3.50. The minimum Gasteiger partial charge on any atom is -0.369 e. The van der Waals surface area contributed by atoms with Crippen LogP contribution >= 0.6 is 0 Å². The van der Waals surface area contributed by atoms with E-state index in [2.05, 4.69) is 10.4 Å². The number of nitrogens with two attached hydrogens (primary N) is 1. The lowest BCUT2D eigenvalue weighted by atomic mass is 10.0. The highest BCUT2D eigenvalue weighted by atomic mass is 16.5. The Bertz CT molecular complexity index is 516. The maximum atomic E-state index is 12.6. The van der Waals surface area contributed by atoms with Gasteiger partial charge in [0.1, 0.15) is 5.82 Å². The summed E-state index contributed by atoms with van der Waals surface area (Å²) in [5.74, 6) is 5.85. The highest BCUT2D eigenvalue weighted by molar-refractivity contribution is 5.95. The molecule has 20 heavy (non-hydrogen) atoms. The number of nitrogens with one attached hydrogen (secondary N) is 1. The Kier molecular flexibility index (Phi) is 3.96. The molecule has 1 saturated heterocycles. The van der Waals surface area contributed by atoms with Crippen LogP contribution in [0.5, 0.6) is 0 Å². The molecule has 0 radical (unpaired) electrons. The van der Waals surface area contributed by atoms with Crippen LogP contribution in [0.4, 0.5) is 5.82 Å². The van der Waals surface area contributed by atoms with Crippen LogP contribution < -0.4 is 11.3 Å². The monoisotopic (exact) mass is 278 g/mol. The fraction of sp³-hybridized carbons (Fsp3) is 0.571. The first-order chi connectivity index (χ1) is 9.30. The summed E-state index contributed by atoms with van der Waals surface area (Å²) >= 11 is 0. The number of aryl methyl sites for hydroxylation is 1. The van der Waals surface area contributed by atoms with Gasteiger partial charge in [0, 0.05) is 24.3 Å². The third-order valence-corrected chi connectivity index (χ3v) is 3.20. The highest BCUT2D eigenvalue weighted by Gasteiger charge is 2.34. The maximum Gasteiger partial charge on any atom is 0.254 e. The van der Waals surface area contributed by atoms with Crippen molar-refractivity contribution >= 4 is 11.7 Å². The number of carbonyl (C=O) groups is 1. The molecule has 1 aliphatic rings. The molecule has 1 aliphatic heterocycles. The van der Waals surface area contributed by atoms with Crippen molar-refractivity contribution in [2.75, 3.05) is 18.5 Å². The largest absolute Gasteiger partial charge is 0.369 e. The summed E-state index contributed by atoms with van der Waals surface area (Å²) in [5, 5.41) is 0. The van der Waals surface area contributed by atoms with Crippen molar-refractivity contribution in [3.05, 3.63) is 23.4 Å². The van der Waals surface area contributed by atoms with Gasteiger partial charge < -0.3 is 15.1 Å². The van der Waals surface area contributed by atoms with E-state index in [1.54, 1.807) is 12.1 Å². The molecule has 1 unspecified atom stereocenters. The average Bonchev–Trinajstić information content (AvgIpc) is 2.34. The number of carbonyl (C=O) groups excluding carboxylic acids is 1. The normalized spacial score (nSPS) is 21.6. The van der Waals surface area contributed by atoms with Crippen LogP contribution in [-0.2, 0) is 4.74 Å². The van der Waals surface area contributed by atoms with Gasteiger partial charge in [-0.1, -0.05) is 0 Å². The molecular weight excluding hydrogens is 256 g/mol. The molecule has 3 N–H and O–H groups in total. The standard InChI is InChI=1S/C14H22N4O2/c1-9-5-11(6-12(16-9)17-15)13(19)18-7-10(2)20-14(3,4)8-18/h5-6,10H,7-8,15H2,1-4H3,(H,16,17). The molecule has 0 aliphatic carbocycles. The lowest BCUT2D eigenvalue weighted by Gasteiger charge is -2.41. The van der Waals surface area contributed by atoms with Crippen LogP contribution in [0.15, 0.2) is 12.1 Å². The summed E-state index contributed by atoms with van der Waals surface area (Å²) in [4.78, 5) is 18.6. The highest BCUT2D eigenvalue weighted by Crippen LogP contribution is 2.23. The molecular formula is C14H22N4O2. The number of morpholine rings is 1. The summed E-state index contributed by atoms with van der Waals surface area (Å²) in [6, 6.07) is 3.44. The maximum absolute atomic E-state index is 12.6. The van der Waals surface area contributed by atoms with Gasteiger partial charge in [-0.05, 0) is 39.8 Å². The zero-order chi connectivity index (χ0) is 14.9. The predicted molar refractivity (Wildman–Crippen MR) is 77.3 cm³/mol. The first-order valence-electron chi connectivity index (χ1n) is 6.73. The lowest BCUT2D eigenvalue weighted by molar-refractivity contribution is -0.118. The smallest absolute Gasteiger partial charge is 0.254 e. The molecule has 1 amide bonds. The summed E-state index contributed by atoms with van der Waals surface area (Å²) in [6.07, 6.45) is 0.0257. The van der Waals surface area contributed by atoms with E-state index in [-0.39, 0.29) is 17.6 Å².